The van der Waals surface area contributed by atoms with Gasteiger partial charge in [-0.25, -0.2) is 5.43 Å². The van der Waals surface area contributed by atoms with Crippen molar-refractivity contribution in [2.45, 2.75) is 91.4 Å². The van der Waals surface area contributed by atoms with Crippen LogP contribution in [-0.4, -0.2) is 115 Å². The standard InChI is InChI=1S/C47H60N8O7.4H2S/c1-9-40(57)53-17-15-31(26-53)44(59)52(8)41(28(3)4)43(58)49-38-20-29-18-32(21-34(56)19-29)30-13-14-39-35(22-30)36(42(54(39)10-2)33-24-48-51(7)25-33)23-47(5,6)27-62-46(61)37-12-11-16-55(50-37)45(38)60;;;;/h9,13-14,18-19,21-22,24-25,28,31,37-38,41,50,56H,1,10-12,15-17,20,23,26-27H2,2-8H3,(H,49,58);4*1H2/t31-,37-,38-,41-;;;;/m0..../s1. The molecular weight excluding hydrogens is 917 g/mol. The Hall–Kier alpha value is -4.56. The maximum absolute atomic E-state index is 14.6. The lowest BCUT2D eigenvalue weighted by Crippen LogP contribution is -2.62. The van der Waals surface area contributed by atoms with E-state index >= 15 is 0 Å². The van der Waals surface area contributed by atoms with Crippen molar-refractivity contribution < 1.29 is 33.8 Å². The lowest BCUT2D eigenvalue weighted by atomic mass is 9.84. The molecule has 5 heterocycles. The lowest BCUT2D eigenvalue weighted by Gasteiger charge is -2.37. The average Bonchev–Trinajstić information content (AvgIpc) is 3.98. The second kappa shape index (κ2) is 23.0. The molecule has 15 nitrogen and oxygen atoms in total. The first-order valence-electron chi connectivity index (χ1n) is 21.7. The van der Waals surface area contributed by atoms with Crippen LogP contribution in [0.2, 0.25) is 0 Å². The van der Waals surface area contributed by atoms with Crippen molar-refractivity contribution >= 4 is 94.5 Å². The Morgan fingerprint density at radius 3 is 2.42 bits per heavy atom. The van der Waals surface area contributed by atoms with Gasteiger partial charge in [0.15, 0.2) is 0 Å². The summed E-state index contributed by atoms with van der Waals surface area (Å²) in [7, 11) is 3.47. The summed E-state index contributed by atoms with van der Waals surface area (Å²) in [5.41, 5.74) is 8.93. The number of rotatable bonds is 8. The molecule has 0 unspecified atom stereocenters. The molecule has 2 saturated heterocycles. The fourth-order valence-corrected chi connectivity index (χ4v) is 9.48. The van der Waals surface area contributed by atoms with E-state index in [0.717, 1.165) is 38.9 Å². The number of benzene rings is 2. The fraction of sp³-hybridized carbons (Fsp3) is 0.489. The number of aryl methyl sites for hydroxylation is 2. The van der Waals surface area contributed by atoms with Crippen molar-refractivity contribution in [3.8, 4) is 28.1 Å². The van der Waals surface area contributed by atoms with E-state index in [1.54, 1.807) is 28.8 Å². The highest BCUT2D eigenvalue weighted by atomic mass is 32.1. The molecule has 362 valence electrons. The highest BCUT2D eigenvalue weighted by Gasteiger charge is 2.40. The van der Waals surface area contributed by atoms with E-state index in [9.17, 15) is 29.1 Å². The highest BCUT2D eigenvalue weighted by molar-refractivity contribution is 7.59. The Balaban J connectivity index is 0.00000289. The predicted octanol–water partition coefficient (Wildman–Crippen LogP) is 5.05. The number of phenolic OH excluding ortho intramolecular Hbond substituents is 1. The van der Waals surface area contributed by atoms with E-state index in [2.05, 4.69) is 59.9 Å². The maximum Gasteiger partial charge on any atom is 0.324 e. The molecular formula is C47H68N8O7S4. The van der Waals surface area contributed by atoms with Gasteiger partial charge in [-0.1, -0.05) is 46.4 Å². The van der Waals surface area contributed by atoms with E-state index in [1.807, 2.05) is 45.4 Å². The lowest BCUT2D eigenvalue weighted by molar-refractivity contribution is -0.155. The number of likely N-dealkylation sites (tertiary alicyclic amines) is 1. The number of esters is 1. The van der Waals surface area contributed by atoms with Crippen LogP contribution in [0.1, 0.15) is 65.0 Å². The molecule has 0 radical (unpaired) electrons. The van der Waals surface area contributed by atoms with Crippen molar-refractivity contribution in [1.29, 1.82) is 0 Å². The topological polar surface area (TPSA) is 171 Å². The molecule has 4 atom stereocenters. The molecule has 3 N–H and O–H groups in total. The molecule has 4 aromatic rings. The van der Waals surface area contributed by atoms with Gasteiger partial charge in [0, 0.05) is 74.8 Å². The molecule has 7 rings (SSSR count). The number of phenols is 1. The molecule has 66 heavy (non-hydrogen) atoms. The molecule has 0 aliphatic carbocycles. The van der Waals surface area contributed by atoms with E-state index < -0.39 is 47.2 Å². The number of nitrogens with one attached hydrogen (secondary N) is 2. The van der Waals surface area contributed by atoms with Crippen LogP contribution >= 0.6 is 54.0 Å². The molecule has 3 aliphatic rings. The van der Waals surface area contributed by atoms with E-state index in [0.29, 0.717) is 44.3 Å². The number of amides is 4. The van der Waals surface area contributed by atoms with Gasteiger partial charge >= 0.3 is 5.97 Å². The third kappa shape index (κ3) is 11.8. The summed E-state index contributed by atoms with van der Waals surface area (Å²) in [6, 6.07) is 8.55. The highest BCUT2D eigenvalue weighted by Crippen LogP contribution is 2.40. The Morgan fingerprint density at radius 2 is 1.77 bits per heavy atom. The van der Waals surface area contributed by atoms with Crippen LogP contribution in [0.5, 0.6) is 5.75 Å². The number of likely N-dealkylation sites (N-methyl/N-ethyl adjacent to an activating group) is 1. The first-order valence-corrected chi connectivity index (χ1v) is 21.7. The molecule has 19 heteroatoms. The van der Waals surface area contributed by atoms with Crippen molar-refractivity contribution in [2.75, 3.05) is 33.3 Å². The normalized spacial score (nSPS) is 19.8. The van der Waals surface area contributed by atoms with Crippen molar-refractivity contribution in [1.82, 2.24) is 39.9 Å². The van der Waals surface area contributed by atoms with Gasteiger partial charge in [-0.3, -0.25) is 33.7 Å². The van der Waals surface area contributed by atoms with Gasteiger partial charge in [0.1, 0.15) is 23.9 Å². The van der Waals surface area contributed by atoms with Crippen LogP contribution in [0, 0.1) is 17.3 Å². The molecule has 0 spiro atoms. The first-order chi connectivity index (χ1) is 29.5. The second-order valence-corrected chi connectivity index (χ2v) is 18.2. The summed E-state index contributed by atoms with van der Waals surface area (Å²) < 4.78 is 10.1. The second-order valence-electron chi connectivity index (χ2n) is 18.2. The number of nitrogens with zero attached hydrogens (tertiary/aromatic N) is 6. The molecule has 3 aliphatic heterocycles. The van der Waals surface area contributed by atoms with Gasteiger partial charge in [0.25, 0.3) is 5.91 Å². The zero-order chi connectivity index (χ0) is 44.6. The van der Waals surface area contributed by atoms with E-state index in [-0.39, 0.29) is 104 Å². The summed E-state index contributed by atoms with van der Waals surface area (Å²) >= 11 is 0. The number of cyclic esters (lactones) is 1. The van der Waals surface area contributed by atoms with Crippen LogP contribution < -0.4 is 10.7 Å². The number of fused-ring (bicyclic) bond motifs is 6. The number of hydrogen-bond donors (Lipinski definition) is 3. The average molecular weight is 985 g/mol. The zero-order valence-corrected chi connectivity index (χ0v) is 42.9. The fourth-order valence-electron chi connectivity index (χ4n) is 9.48. The number of hydrogen-bond acceptors (Lipinski definition) is 9. The van der Waals surface area contributed by atoms with E-state index in [1.165, 1.54) is 16.0 Å². The Labute approximate surface area is 415 Å². The summed E-state index contributed by atoms with van der Waals surface area (Å²) in [6.45, 7) is 15.3. The minimum Gasteiger partial charge on any atom is -0.508 e. The van der Waals surface area contributed by atoms with E-state index in [4.69, 9.17) is 4.74 Å². The third-order valence-corrected chi connectivity index (χ3v) is 12.5. The maximum atomic E-state index is 14.6. The number of aromatic hydroxyl groups is 1. The van der Waals surface area contributed by atoms with Crippen LogP contribution in [0.4, 0.5) is 0 Å². The zero-order valence-electron chi connectivity index (χ0n) is 38.9. The molecule has 2 fully saturated rings. The smallest absolute Gasteiger partial charge is 0.324 e. The molecule has 0 saturated carbocycles. The molecule has 4 amide bonds. The molecule has 2 aromatic carbocycles. The monoisotopic (exact) mass is 984 g/mol. The number of carbonyl (C=O) groups is 5. The summed E-state index contributed by atoms with van der Waals surface area (Å²) in [6.07, 6.45) is 7.11. The number of carbonyl (C=O) groups excluding carboxylic acids is 5. The third-order valence-electron chi connectivity index (χ3n) is 12.5. The Morgan fingerprint density at radius 1 is 1.05 bits per heavy atom. The SMILES string of the molecule is C=CC(=O)N1CC[C@H](C(=O)N(C)[C@H](C(=O)N[C@H]2Cc3cc(O)cc(c3)-c3ccc4c(c3)c(c(-c3cnn(C)c3)n4CC)CC(C)(C)COC(=O)[C@@H]3CCCN(N3)C2=O)C(C)C)C1.S.S.S.S. The molecule has 6 bridgehead atoms. The van der Waals surface area contributed by atoms with Gasteiger partial charge in [0.05, 0.1) is 24.4 Å². The minimum absolute atomic E-state index is 0. The number of hydrazine groups is 1. The van der Waals surface area contributed by atoms with Crippen molar-refractivity contribution in [3.63, 3.8) is 0 Å². The molecule has 2 aromatic heterocycles. The Bertz CT molecular complexity index is 2420. The number of ether oxygens (including phenoxy) is 1. The quantitative estimate of drug-likeness (QED) is 0.162. The summed E-state index contributed by atoms with van der Waals surface area (Å²) in [5.74, 6) is -2.80. The van der Waals surface area contributed by atoms with Crippen LogP contribution in [0.3, 0.4) is 0 Å². The van der Waals surface area contributed by atoms with Gasteiger partial charge in [-0.15, -0.1) is 0 Å². The van der Waals surface area contributed by atoms with Crippen molar-refractivity contribution in [2.24, 2.45) is 24.3 Å². The largest absolute Gasteiger partial charge is 0.508 e. The van der Waals surface area contributed by atoms with Gasteiger partial charge in [-0.2, -0.15) is 59.1 Å². The first kappa shape index (κ1) is 55.8. The van der Waals surface area contributed by atoms with Gasteiger partial charge in [-0.05, 0) is 91.1 Å². The van der Waals surface area contributed by atoms with Gasteiger partial charge in [0.2, 0.25) is 17.7 Å². The van der Waals surface area contributed by atoms with Crippen LogP contribution in [0.15, 0.2) is 61.4 Å². The van der Waals surface area contributed by atoms with Crippen LogP contribution in [0.25, 0.3) is 33.3 Å². The predicted molar refractivity (Wildman–Crippen MR) is 277 cm³/mol. The minimum atomic E-state index is -1.15. The van der Waals surface area contributed by atoms with Crippen molar-refractivity contribution in [3.05, 3.63) is 72.6 Å². The van der Waals surface area contributed by atoms with Crippen LogP contribution in [-0.2, 0) is 55.1 Å². The number of aromatic nitrogens is 3. The summed E-state index contributed by atoms with van der Waals surface area (Å²) in [5, 5.41) is 21.1. The van der Waals surface area contributed by atoms with Gasteiger partial charge < -0.3 is 29.5 Å². The summed E-state index contributed by atoms with van der Waals surface area (Å²) in [4.78, 5) is 72.0. The Kier molecular flexibility index (Phi) is 19.4.